The van der Waals surface area contributed by atoms with Crippen molar-refractivity contribution >= 4 is 23.2 Å². The molecule has 118 valence electrons. The molecule has 0 atom stereocenters. The van der Waals surface area contributed by atoms with E-state index in [1.807, 2.05) is 12.1 Å². The topological polar surface area (TPSA) is 67.5 Å². The van der Waals surface area contributed by atoms with Crippen molar-refractivity contribution < 1.29 is 9.90 Å². The van der Waals surface area contributed by atoms with Gasteiger partial charge < -0.3 is 5.11 Å². The second-order valence-corrected chi connectivity index (χ2v) is 6.80. The lowest BCUT2D eigenvalue weighted by molar-refractivity contribution is 0.0697. The first-order valence-electron chi connectivity index (χ1n) is 7.16. The van der Waals surface area contributed by atoms with Crippen molar-refractivity contribution in [3.8, 4) is 11.4 Å². The number of hydrogen-bond donors (Lipinski definition) is 1. The van der Waals surface area contributed by atoms with Crippen LogP contribution >= 0.6 is 11.6 Å². The molecule has 2 heterocycles. The summed E-state index contributed by atoms with van der Waals surface area (Å²) in [5.74, 6) is -0.462. The van der Waals surface area contributed by atoms with Gasteiger partial charge in [-0.1, -0.05) is 56.6 Å². The van der Waals surface area contributed by atoms with E-state index in [2.05, 4.69) is 43.1 Å². The van der Waals surface area contributed by atoms with Crippen LogP contribution in [-0.4, -0.2) is 25.7 Å². The van der Waals surface area contributed by atoms with Crippen LogP contribution in [-0.2, 0) is 5.41 Å². The molecular formula is C17H16ClN3O2. The van der Waals surface area contributed by atoms with Crippen LogP contribution in [0.3, 0.4) is 0 Å². The summed E-state index contributed by atoms with van der Waals surface area (Å²) in [6.07, 6.45) is 0. The standard InChI is InChI=1S/C17H16ClN3O2/c1-17(2,3)12-6-4-10(5-7-12)15-20-19-14-9-11(16(22)23)8-13(18)21(14)15/h4-9H,1-3H3,(H,22,23). The molecule has 23 heavy (non-hydrogen) atoms. The number of fused-ring (bicyclic) bond motifs is 1. The first kappa shape index (κ1) is 15.5. The fourth-order valence-electron chi connectivity index (χ4n) is 2.40. The summed E-state index contributed by atoms with van der Waals surface area (Å²) in [6, 6.07) is 10.9. The Morgan fingerprint density at radius 1 is 1.13 bits per heavy atom. The fraction of sp³-hybridized carbons (Fsp3) is 0.235. The van der Waals surface area contributed by atoms with E-state index in [4.69, 9.17) is 16.7 Å². The predicted octanol–water partition coefficient (Wildman–Crippen LogP) is 4.05. The number of nitrogens with zero attached hydrogens (tertiary/aromatic N) is 3. The van der Waals surface area contributed by atoms with E-state index < -0.39 is 5.97 Å². The van der Waals surface area contributed by atoms with Gasteiger partial charge in [-0.05, 0) is 23.1 Å². The van der Waals surface area contributed by atoms with Crippen LogP contribution in [0, 0.1) is 0 Å². The van der Waals surface area contributed by atoms with Gasteiger partial charge in [0.25, 0.3) is 0 Å². The molecule has 1 aromatic carbocycles. The molecule has 0 saturated heterocycles. The van der Waals surface area contributed by atoms with Crippen molar-refractivity contribution in [1.82, 2.24) is 14.6 Å². The van der Waals surface area contributed by atoms with Crippen molar-refractivity contribution in [3.05, 3.63) is 52.7 Å². The van der Waals surface area contributed by atoms with E-state index >= 15 is 0 Å². The Morgan fingerprint density at radius 2 is 1.78 bits per heavy atom. The molecule has 5 nitrogen and oxygen atoms in total. The molecule has 0 amide bonds. The average molecular weight is 330 g/mol. The van der Waals surface area contributed by atoms with Crippen LogP contribution in [0.25, 0.3) is 17.0 Å². The van der Waals surface area contributed by atoms with Gasteiger partial charge in [0.1, 0.15) is 5.15 Å². The highest BCUT2D eigenvalue weighted by Crippen LogP contribution is 2.27. The minimum Gasteiger partial charge on any atom is -0.478 e. The molecule has 0 aliphatic rings. The van der Waals surface area contributed by atoms with Gasteiger partial charge in [0, 0.05) is 5.56 Å². The van der Waals surface area contributed by atoms with E-state index in [0.29, 0.717) is 11.5 Å². The lowest BCUT2D eigenvalue weighted by atomic mass is 9.87. The monoisotopic (exact) mass is 329 g/mol. The number of pyridine rings is 1. The molecule has 3 rings (SSSR count). The van der Waals surface area contributed by atoms with E-state index in [1.54, 1.807) is 4.40 Å². The first-order valence-corrected chi connectivity index (χ1v) is 7.54. The summed E-state index contributed by atoms with van der Waals surface area (Å²) in [5.41, 5.74) is 2.65. The predicted molar refractivity (Wildman–Crippen MR) is 89.1 cm³/mol. The van der Waals surface area contributed by atoms with Crippen molar-refractivity contribution in [1.29, 1.82) is 0 Å². The number of hydrogen-bond acceptors (Lipinski definition) is 3. The highest BCUT2D eigenvalue weighted by molar-refractivity contribution is 6.30. The molecule has 6 heteroatoms. The first-order chi connectivity index (χ1) is 10.8. The lowest BCUT2D eigenvalue weighted by Gasteiger charge is -2.19. The average Bonchev–Trinajstić information content (AvgIpc) is 2.91. The third-order valence-corrected chi connectivity index (χ3v) is 4.00. The maximum Gasteiger partial charge on any atom is 0.335 e. The maximum atomic E-state index is 11.1. The zero-order valence-corrected chi connectivity index (χ0v) is 13.8. The molecule has 0 spiro atoms. The zero-order valence-electron chi connectivity index (χ0n) is 13.0. The number of benzene rings is 1. The van der Waals surface area contributed by atoms with E-state index in [0.717, 1.165) is 5.56 Å². The summed E-state index contributed by atoms with van der Waals surface area (Å²) in [4.78, 5) is 11.1. The molecule has 0 fully saturated rings. The summed E-state index contributed by atoms with van der Waals surface area (Å²) < 4.78 is 1.64. The number of aromatic nitrogens is 3. The Kier molecular flexibility index (Phi) is 3.60. The molecule has 0 bridgehead atoms. The molecule has 0 aliphatic heterocycles. The van der Waals surface area contributed by atoms with Gasteiger partial charge in [-0.3, -0.25) is 4.40 Å². The van der Waals surface area contributed by atoms with Crippen LogP contribution in [0.15, 0.2) is 36.4 Å². The highest BCUT2D eigenvalue weighted by Gasteiger charge is 2.17. The zero-order chi connectivity index (χ0) is 16.8. The number of carboxylic acids is 1. The lowest BCUT2D eigenvalue weighted by Crippen LogP contribution is -2.10. The number of aromatic carboxylic acids is 1. The molecule has 1 N–H and O–H groups in total. The Morgan fingerprint density at radius 3 is 2.35 bits per heavy atom. The second kappa shape index (κ2) is 5.35. The van der Waals surface area contributed by atoms with E-state index in [9.17, 15) is 4.79 Å². The molecule has 0 saturated carbocycles. The Labute approximate surface area is 138 Å². The van der Waals surface area contributed by atoms with Crippen molar-refractivity contribution in [2.45, 2.75) is 26.2 Å². The highest BCUT2D eigenvalue weighted by atomic mass is 35.5. The summed E-state index contributed by atoms with van der Waals surface area (Å²) in [5, 5.41) is 17.5. The quantitative estimate of drug-likeness (QED) is 0.720. The second-order valence-electron chi connectivity index (χ2n) is 6.42. The normalized spacial score (nSPS) is 11.8. The smallest absolute Gasteiger partial charge is 0.335 e. The van der Waals surface area contributed by atoms with Gasteiger partial charge in [-0.25, -0.2) is 4.79 Å². The summed E-state index contributed by atoms with van der Waals surface area (Å²) >= 11 is 6.23. The number of rotatable bonds is 2. The Balaban J connectivity index is 2.12. The van der Waals surface area contributed by atoms with E-state index in [-0.39, 0.29) is 16.1 Å². The van der Waals surface area contributed by atoms with Crippen LogP contribution in [0.4, 0.5) is 0 Å². The third-order valence-electron chi connectivity index (χ3n) is 3.72. The van der Waals surface area contributed by atoms with Crippen LogP contribution in [0.1, 0.15) is 36.7 Å². The third kappa shape index (κ3) is 2.80. The van der Waals surface area contributed by atoms with Gasteiger partial charge in [-0.2, -0.15) is 0 Å². The fourth-order valence-corrected chi connectivity index (χ4v) is 2.69. The maximum absolute atomic E-state index is 11.1. The SMILES string of the molecule is CC(C)(C)c1ccc(-c2nnc3cc(C(=O)O)cc(Cl)n23)cc1. The van der Waals surface area contributed by atoms with Crippen LogP contribution in [0.2, 0.25) is 5.15 Å². The summed E-state index contributed by atoms with van der Waals surface area (Å²) in [7, 11) is 0. The molecule has 0 radical (unpaired) electrons. The molecular weight excluding hydrogens is 314 g/mol. The van der Waals surface area contributed by atoms with Crippen LogP contribution < -0.4 is 0 Å². The Hall–Kier alpha value is -2.40. The molecule has 0 aliphatic carbocycles. The van der Waals surface area contributed by atoms with Gasteiger partial charge in [0.05, 0.1) is 5.56 Å². The van der Waals surface area contributed by atoms with Gasteiger partial charge >= 0.3 is 5.97 Å². The van der Waals surface area contributed by atoms with E-state index in [1.165, 1.54) is 17.7 Å². The number of carbonyl (C=O) groups is 1. The Bertz CT molecular complexity index is 893. The number of halogens is 1. The van der Waals surface area contributed by atoms with Crippen molar-refractivity contribution in [2.75, 3.05) is 0 Å². The molecule has 3 aromatic rings. The van der Waals surface area contributed by atoms with Crippen molar-refractivity contribution in [2.24, 2.45) is 0 Å². The number of carboxylic acid groups (broad SMARTS) is 1. The molecule has 2 aromatic heterocycles. The minimum absolute atomic E-state index is 0.0689. The largest absolute Gasteiger partial charge is 0.478 e. The van der Waals surface area contributed by atoms with Crippen LogP contribution in [0.5, 0.6) is 0 Å². The minimum atomic E-state index is -1.05. The van der Waals surface area contributed by atoms with Crippen molar-refractivity contribution in [3.63, 3.8) is 0 Å². The van der Waals surface area contributed by atoms with Gasteiger partial charge in [0.15, 0.2) is 11.5 Å². The molecule has 0 unspecified atom stereocenters. The van der Waals surface area contributed by atoms with Gasteiger partial charge in [0.2, 0.25) is 0 Å². The van der Waals surface area contributed by atoms with Gasteiger partial charge in [-0.15, -0.1) is 10.2 Å². The summed E-state index contributed by atoms with van der Waals surface area (Å²) in [6.45, 7) is 6.45.